The first kappa shape index (κ1) is 20.9. The van der Waals surface area contributed by atoms with Crippen LogP contribution in [0.15, 0.2) is 91.0 Å². The van der Waals surface area contributed by atoms with Gasteiger partial charge in [0, 0.05) is 26.2 Å². The van der Waals surface area contributed by atoms with E-state index in [2.05, 4.69) is 0 Å². The third-order valence-electron chi connectivity index (χ3n) is 6.17. The summed E-state index contributed by atoms with van der Waals surface area (Å²) >= 11 is 0. The Morgan fingerprint density at radius 2 is 1.03 bits per heavy atom. The van der Waals surface area contributed by atoms with Crippen LogP contribution in [0.3, 0.4) is 0 Å². The molecule has 2 amide bonds. The molecule has 0 aliphatic carbocycles. The van der Waals surface area contributed by atoms with E-state index in [0.717, 1.165) is 16.7 Å². The fourth-order valence-electron chi connectivity index (χ4n) is 4.46. The molecule has 0 bridgehead atoms. The van der Waals surface area contributed by atoms with E-state index in [0.29, 0.717) is 32.6 Å². The molecule has 0 aromatic heterocycles. The summed E-state index contributed by atoms with van der Waals surface area (Å²) in [7, 11) is 0. The maximum atomic E-state index is 14.0. The molecular weight excluding hydrogens is 384 g/mol. The van der Waals surface area contributed by atoms with Crippen molar-refractivity contribution in [3.63, 3.8) is 0 Å². The van der Waals surface area contributed by atoms with Crippen LogP contribution in [0.5, 0.6) is 0 Å². The molecule has 1 saturated heterocycles. The van der Waals surface area contributed by atoms with Crippen LogP contribution >= 0.6 is 0 Å². The number of hydrogen-bond donors (Lipinski definition) is 0. The molecular formula is C27H28N2O2. The first-order chi connectivity index (χ1) is 15.1. The fourth-order valence-corrected chi connectivity index (χ4v) is 4.46. The van der Waals surface area contributed by atoms with E-state index >= 15 is 0 Å². The topological polar surface area (TPSA) is 40.6 Å². The highest BCUT2D eigenvalue weighted by molar-refractivity contribution is 6.11. The molecule has 4 rings (SSSR count). The standard InChI is InChI=1S/C27H28N2O2/c1-2-27(24-16-10-5-11-17-24)25(30)28(20-22-12-6-3-7-13-22)18-19-29(26(27)31)21-23-14-8-4-9-15-23/h3-17H,2,18-21H2,1H3. The minimum Gasteiger partial charge on any atom is -0.335 e. The van der Waals surface area contributed by atoms with Crippen molar-refractivity contribution in [2.75, 3.05) is 13.1 Å². The second kappa shape index (κ2) is 9.17. The summed E-state index contributed by atoms with van der Waals surface area (Å²) in [6, 6.07) is 29.5. The van der Waals surface area contributed by atoms with Gasteiger partial charge in [0.2, 0.25) is 11.8 Å². The minimum absolute atomic E-state index is 0.106. The lowest BCUT2D eigenvalue weighted by Crippen LogP contribution is -2.52. The Labute approximate surface area is 184 Å². The van der Waals surface area contributed by atoms with Gasteiger partial charge in [-0.3, -0.25) is 9.59 Å². The van der Waals surface area contributed by atoms with E-state index in [-0.39, 0.29) is 11.8 Å². The first-order valence-electron chi connectivity index (χ1n) is 10.9. The van der Waals surface area contributed by atoms with Gasteiger partial charge in [0.15, 0.2) is 5.41 Å². The highest BCUT2D eigenvalue weighted by Gasteiger charge is 2.51. The number of carbonyl (C=O) groups excluding carboxylic acids is 2. The number of nitrogens with zero attached hydrogens (tertiary/aromatic N) is 2. The van der Waals surface area contributed by atoms with Gasteiger partial charge in [0.25, 0.3) is 0 Å². The second-order valence-corrected chi connectivity index (χ2v) is 8.05. The predicted octanol–water partition coefficient (Wildman–Crippen LogP) is 4.41. The largest absolute Gasteiger partial charge is 0.335 e. The van der Waals surface area contributed by atoms with Gasteiger partial charge in [-0.15, -0.1) is 0 Å². The lowest BCUT2D eigenvalue weighted by molar-refractivity contribution is -0.147. The zero-order valence-electron chi connectivity index (χ0n) is 17.9. The average Bonchev–Trinajstić information content (AvgIpc) is 2.92. The Hall–Kier alpha value is -3.40. The second-order valence-electron chi connectivity index (χ2n) is 8.05. The van der Waals surface area contributed by atoms with Crippen LogP contribution in [0.2, 0.25) is 0 Å². The molecule has 0 unspecified atom stereocenters. The van der Waals surface area contributed by atoms with Crippen molar-refractivity contribution in [2.45, 2.75) is 31.8 Å². The molecule has 0 radical (unpaired) electrons. The van der Waals surface area contributed by atoms with Gasteiger partial charge < -0.3 is 9.80 Å². The van der Waals surface area contributed by atoms with Gasteiger partial charge in [-0.2, -0.15) is 0 Å². The summed E-state index contributed by atoms with van der Waals surface area (Å²) in [4.78, 5) is 31.7. The maximum Gasteiger partial charge on any atom is 0.243 e. The van der Waals surface area contributed by atoms with Crippen molar-refractivity contribution >= 4 is 11.8 Å². The summed E-state index contributed by atoms with van der Waals surface area (Å²) in [5.74, 6) is -0.212. The zero-order chi connectivity index (χ0) is 21.7. The van der Waals surface area contributed by atoms with E-state index < -0.39 is 5.41 Å². The molecule has 4 heteroatoms. The van der Waals surface area contributed by atoms with Crippen molar-refractivity contribution in [2.24, 2.45) is 0 Å². The van der Waals surface area contributed by atoms with Crippen LogP contribution in [-0.4, -0.2) is 34.7 Å². The molecule has 1 aliphatic rings. The van der Waals surface area contributed by atoms with Gasteiger partial charge in [-0.1, -0.05) is 97.9 Å². The van der Waals surface area contributed by atoms with Crippen LogP contribution in [0.4, 0.5) is 0 Å². The lowest BCUT2D eigenvalue weighted by atomic mass is 9.75. The maximum absolute atomic E-state index is 14.0. The van der Waals surface area contributed by atoms with Gasteiger partial charge >= 0.3 is 0 Å². The van der Waals surface area contributed by atoms with E-state index in [1.807, 2.05) is 108 Å². The highest BCUT2D eigenvalue weighted by atomic mass is 16.2. The SMILES string of the molecule is CCC1(c2ccccc2)C(=O)N(Cc2ccccc2)CCN(Cc2ccccc2)C1=O. The third-order valence-corrected chi connectivity index (χ3v) is 6.17. The van der Waals surface area contributed by atoms with Crippen LogP contribution in [0, 0.1) is 0 Å². The van der Waals surface area contributed by atoms with Gasteiger partial charge in [0.05, 0.1) is 0 Å². The van der Waals surface area contributed by atoms with Crippen molar-refractivity contribution in [1.82, 2.24) is 9.80 Å². The molecule has 1 fully saturated rings. The average molecular weight is 413 g/mol. The number of rotatable bonds is 6. The molecule has 3 aromatic rings. The Morgan fingerprint density at radius 1 is 0.645 bits per heavy atom. The van der Waals surface area contributed by atoms with Gasteiger partial charge in [-0.25, -0.2) is 0 Å². The quantitative estimate of drug-likeness (QED) is 0.563. The number of benzene rings is 3. The summed E-state index contributed by atoms with van der Waals surface area (Å²) in [6.45, 7) is 3.97. The number of carbonyl (C=O) groups is 2. The monoisotopic (exact) mass is 412 g/mol. The van der Waals surface area contributed by atoms with E-state index in [1.54, 1.807) is 0 Å². The van der Waals surface area contributed by atoms with E-state index in [1.165, 1.54) is 0 Å². The first-order valence-corrected chi connectivity index (χ1v) is 10.9. The molecule has 1 aliphatic heterocycles. The molecule has 0 atom stereocenters. The van der Waals surface area contributed by atoms with Crippen molar-refractivity contribution in [3.8, 4) is 0 Å². The normalized spacial score (nSPS) is 16.3. The summed E-state index contributed by atoms with van der Waals surface area (Å²) in [5.41, 5.74) is 1.70. The molecule has 31 heavy (non-hydrogen) atoms. The van der Waals surface area contributed by atoms with Crippen LogP contribution in [-0.2, 0) is 28.1 Å². The predicted molar refractivity (Wildman–Crippen MR) is 122 cm³/mol. The molecule has 158 valence electrons. The molecule has 0 saturated carbocycles. The Balaban J connectivity index is 1.75. The highest BCUT2D eigenvalue weighted by Crippen LogP contribution is 2.35. The van der Waals surface area contributed by atoms with Gasteiger partial charge in [-0.05, 0) is 23.1 Å². The summed E-state index contributed by atoms with van der Waals surface area (Å²) < 4.78 is 0. The Kier molecular flexibility index (Phi) is 6.17. The van der Waals surface area contributed by atoms with Crippen LogP contribution in [0.1, 0.15) is 30.0 Å². The van der Waals surface area contributed by atoms with Crippen LogP contribution < -0.4 is 0 Å². The van der Waals surface area contributed by atoms with Crippen molar-refractivity contribution < 1.29 is 9.59 Å². The van der Waals surface area contributed by atoms with Crippen LogP contribution in [0.25, 0.3) is 0 Å². The molecule has 3 aromatic carbocycles. The number of amides is 2. The number of hydrogen-bond acceptors (Lipinski definition) is 2. The zero-order valence-corrected chi connectivity index (χ0v) is 17.9. The molecule has 1 heterocycles. The minimum atomic E-state index is -1.21. The van der Waals surface area contributed by atoms with E-state index in [9.17, 15) is 9.59 Å². The van der Waals surface area contributed by atoms with Gasteiger partial charge in [0.1, 0.15) is 0 Å². The lowest BCUT2D eigenvalue weighted by Gasteiger charge is -2.35. The van der Waals surface area contributed by atoms with Crippen molar-refractivity contribution in [1.29, 1.82) is 0 Å². The molecule has 0 spiro atoms. The smallest absolute Gasteiger partial charge is 0.243 e. The van der Waals surface area contributed by atoms with Crippen molar-refractivity contribution in [3.05, 3.63) is 108 Å². The summed E-state index contributed by atoms with van der Waals surface area (Å²) in [5, 5.41) is 0. The van der Waals surface area contributed by atoms with E-state index in [4.69, 9.17) is 0 Å². The molecule has 4 nitrogen and oxygen atoms in total. The third kappa shape index (κ3) is 4.11. The molecule has 0 N–H and O–H groups in total. The fraction of sp³-hybridized carbons (Fsp3) is 0.259. The summed E-state index contributed by atoms with van der Waals surface area (Å²) in [6.07, 6.45) is 0.422. The Bertz CT molecular complexity index is 957. The Morgan fingerprint density at radius 3 is 1.42 bits per heavy atom.